The van der Waals surface area contributed by atoms with E-state index in [0.717, 1.165) is 16.8 Å². The fourth-order valence-electron chi connectivity index (χ4n) is 1.31. The fourth-order valence-corrected chi connectivity index (χ4v) is 1.64. The summed E-state index contributed by atoms with van der Waals surface area (Å²) < 4.78 is 0.540. The van der Waals surface area contributed by atoms with E-state index in [1.807, 2.05) is 6.92 Å². The van der Waals surface area contributed by atoms with Crippen LogP contribution in [-0.4, -0.2) is 15.0 Å². The molecule has 15 heavy (non-hydrogen) atoms. The predicted octanol–water partition coefficient (Wildman–Crippen LogP) is 1.90. The number of aromatic nitrogens is 3. The molecule has 0 aliphatic rings. The molecule has 2 rings (SSSR count). The summed E-state index contributed by atoms with van der Waals surface area (Å²) in [6.07, 6.45) is 4.80. The van der Waals surface area contributed by atoms with Crippen LogP contribution in [0, 0.1) is 6.92 Å². The molecule has 0 saturated heterocycles. The quantitative estimate of drug-likeness (QED) is 0.857. The number of rotatable bonds is 1. The summed E-state index contributed by atoms with van der Waals surface area (Å²) in [6.45, 7) is 1.87. The van der Waals surface area contributed by atoms with Crippen molar-refractivity contribution in [3.05, 3.63) is 45.2 Å². The molecule has 0 aliphatic heterocycles. The molecule has 0 aliphatic carbocycles. The smallest absolute Gasteiger partial charge is 0.262 e. The zero-order valence-electron chi connectivity index (χ0n) is 7.99. The van der Waals surface area contributed by atoms with Crippen molar-refractivity contribution in [2.75, 3.05) is 0 Å². The van der Waals surface area contributed by atoms with Gasteiger partial charge in [-0.1, -0.05) is 0 Å². The van der Waals surface area contributed by atoms with Crippen LogP contribution in [-0.2, 0) is 0 Å². The Labute approximate surface area is 94.5 Å². The van der Waals surface area contributed by atoms with Crippen molar-refractivity contribution >= 4 is 15.9 Å². The van der Waals surface area contributed by atoms with Crippen molar-refractivity contribution in [1.82, 2.24) is 15.0 Å². The van der Waals surface area contributed by atoms with Crippen molar-refractivity contribution in [2.45, 2.75) is 6.92 Å². The number of nitrogens with zero attached hydrogens (tertiary/aromatic N) is 2. The van der Waals surface area contributed by atoms with E-state index < -0.39 is 0 Å². The van der Waals surface area contributed by atoms with Crippen LogP contribution < -0.4 is 5.56 Å². The van der Waals surface area contributed by atoms with Crippen molar-refractivity contribution in [3.63, 3.8) is 0 Å². The van der Waals surface area contributed by atoms with Crippen molar-refractivity contribution in [2.24, 2.45) is 0 Å². The summed E-state index contributed by atoms with van der Waals surface area (Å²) in [5.41, 5.74) is 2.42. The first-order chi connectivity index (χ1) is 7.20. The van der Waals surface area contributed by atoms with Crippen LogP contribution in [0.25, 0.3) is 11.3 Å². The summed E-state index contributed by atoms with van der Waals surface area (Å²) in [5.74, 6) is 0. The van der Waals surface area contributed by atoms with Crippen LogP contribution in [0.3, 0.4) is 0 Å². The molecule has 1 N–H and O–H groups in total. The third-order valence-electron chi connectivity index (χ3n) is 2.14. The molecule has 5 heteroatoms. The number of hydrogen-bond acceptors (Lipinski definition) is 3. The van der Waals surface area contributed by atoms with Crippen LogP contribution in [0.1, 0.15) is 5.56 Å². The lowest BCUT2D eigenvalue weighted by Gasteiger charge is -2.05. The first kappa shape index (κ1) is 10.0. The molecule has 0 unspecified atom stereocenters. The standard InChI is InChI=1S/C10H8BrN3O/c1-6-7(4-13-10(15)9(6)11)8-2-3-12-5-14-8/h2-5H,1H3,(H,13,15). The van der Waals surface area contributed by atoms with Gasteiger partial charge in [-0.15, -0.1) is 0 Å². The Bertz CT molecular complexity index is 536. The highest BCUT2D eigenvalue weighted by atomic mass is 79.9. The fraction of sp³-hybridized carbons (Fsp3) is 0.100. The SMILES string of the molecule is Cc1c(-c2ccncn2)c[nH]c(=O)c1Br. The van der Waals surface area contributed by atoms with Crippen LogP contribution >= 0.6 is 15.9 Å². The van der Waals surface area contributed by atoms with E-state index in [-0.39, 0.29) is 5.56 Å². The lowest BCUT2D eigenvalue weighted by atomic mass is 10.1. The van der Waals surface area contributed by atoms with Gasteiger partial charge in [0.25, 0.3) is 5.56 Å². The van der Waals surface area contributed by atoms with Crippen LogP contribution in [0.2, 0.25) is 0 Å². The predicted molar refractivity (Wildman–Crippen MR) is 60.5 cm³/mol. The van der Waals surface area contributed by atoms with E-state index in [1.54, 1.807) is 18.5 Å². The maximum atomic E-state index is 11.3. The molecular formula is C10H8BrN3O. The lowest BCUT2D eigenvalue weighted by molar-refractivity contribution is 1.14. The molecule has 0 spiro atoms. The molecular weight excluding hydrogens is 258 g/mol. The van der Waals surface area contributed by atoms with Crippen molar-refractivity contribution < 1.29 is 0 Å². The minimum atomic E-state index is -0.134. The Kier molecular flexibility index (Phi) is 2.64. The Morgan fingerprint density at radius 1 is 1.47 bits per heavy atom. The summed E-state index contributed by atoms with van der Waals surface area (Å²) in [4.78, 5) is 21.9. The number of halogens is 1. The van der Waals surface area contributed by atoms with Crippen LogP contribution in [0.5, 0.6) is 0 Å². The number of aromatic amines is 1. The first-order valence-corrected chi connectivity index (χ1v) is 5.13. The summed E-state index contributed by atoms with van der Waals surface area (Å²) in [5, 5.41) is 0. The van der Waals surface area contributed by atoms with Gasteiger partial charge in [0, 0.05) is 18.0 Å². The van der Waals surface area contributed by atoms with E-state index in [9.17, 15) is 4.79 Å². The Morgan fingerprint density at radius 2 is 2.27 bits per heavy atom. The topological polar surface area (TPSA) is 58.6 Å². The third-order valence-corrected chi connectivity index (χ3v) is 3.09. The van der Waals surface area contributed by atoms with E-state index in [2.05, 4.69) is 30.9 Å². The molecule has 4 nitrogen and oxygen atoms in total. The van der Waals surface area contributed by atoms with Gasteiger partial charge in [0.05, 0.1) is 10.2 Å². The van der Waals surface area contributed by atoms with Gasteiger partial charge >= 0.3 is 0 Å². The Balaban J connectivity index is 2.65. The number of H-pyrrole nitrogens is 1. The summed E-state index contributed by atoms with van der Waals surface area (Å²) in [6, 6.07) is 1.80. The molecule has 0 bridgehead atoms. The zero-order valence-corrected chi connectivity index (χ0v) is 9.58. The van der Waals surface area contributed by atoms with Crippen molar-refractivity contribution in [1.29, 1.82) is 0 Å². The van der Waals surface area contributed by atoms with Gasteiger partial charge < -0.3 is 4.98 Å². The van der Waals surface area contributed by atoms with Crippen LogP contribution in [0.4, 0.5) is 0 Å². The summed E-state index contributed by atoms with van der Waals surface area (Å²) in [7, 11) is 0. The van der Waals surface area contributed by atoms with Crippen molar-refractivity contribution in [3.8, 4) is 11.3 Å². The van der Waals surface area contributed by atoms with Gasteiger partial charge in [-0.2, -0.15) is 0 Å². The highest BCUT2D eigenvalue weighted by Gasteiger charge is 2.08. The second-order valence-electron chi connectivity index (χ2n) is 3.07. The molecule has 0 amide bonds. The first-order valence-electron chi connectivity index (χ1n) is 4.34. The van der Waals surface area contributed by atoms with Crippen LogP contribution in [0.15, 0.2) is 34.1 Å². The molecule has 0 atom stereocenters. The molecule has 76 valence electrons. The van der Waals surface area contributed by atoms with Gasteiger partial charge in [0.15, 0.2) is 0 Å². The van der Waals surface area contributed by atoms with Gasteiger partial charge in [-0.3, -0.25) is 4.79 Å². The van der Waals surface area contributed by atoms with E-state index >= 15 is 0 Å². The van der Waals surface area contributed by atoms with Gasteiger partial charge in [0.2, 0.25) is 0 Å². The minimum Gasteiger partial charge on any atom is -0.327 e. The number of pyridine rings is 1. The lowest BCUT2D eigenvalue weighted by Crippen LogP contribution is -2.08. The van der Waals surface area contributed by atoms with Gasteiger partial charge in [-0.25, -0.2) is 9.97 Å². The minimum absolute atomic E-state index is 0.134. The van der Waals surface area contributed by atoms with E-state index in [0.29, 0.717) is 4.47 Å². The second kappa shape index (κ2) is 3.94. The van der Waals surface area contributed by atoms with Gasteiger partial charge in [0.1, 0.15) is 6.33 Å². The van der Waals surface area contributed by atoms with E-state index in [4.69, 9.17) is 0 Å². The molecule has 0 aromatic carbocycles. The Morgan fingerprint density at radius 3 is 2.93 bits per heavy atom. The maximum absolute atomic E-state index is 11.3. The zero-order chi connectivity index (χ0) is 10.8. The largest absolute Gasteiger partial charge is 0.327 e. The molecule has 0 saturated carbocycles. The molecule has 0 fully saturated rings. The monoisotopic (exact) mass is 265 g/mol. The summed E-state index contributed by atoms with van der Waals surface area (Å²) >= 11 is 3.24. The highest BCUT2D eigenvalue weighted by molar-refractivity contribution is 9.10. The molecule has 2 aromatic rings. The molecule has 2 heterocycles. The maximum Gasteiger partial charge on any atom is 0.262 e. The van der Waals surface area contributed by atoms with E-state index in [1.165, 1.54) is 6.33 Å². The third kappa shape index (κ3) is 1.83. The molecule has 0 radical (unpaired) electrons. The normalized spacial score (nSPS) is 10.3. The number of hydrogen-bond donors (Lipinski definition) is 1. The average molecular weight is 266 g/mol. The average Bonchev–Trinajstić information content (AvgIpc) is 2.27. The number of nitrogens with one attached hydrogen (secondary N) is 1. The van der Waals surface area contributed by atoms with Gasteiger partial charge in [-0.05, 0) is 34.5 Å². The molecule has 2 aromatic heterocycles. The Hall–Kier alpha value is -1.49. The second-order valence-corrected chi connectivity index (χ2v) is 3.86. The highest BCUT2D eigenvalue weighted by Crippen LogP contribution is 2.22.